The van der Waals surface area contributed by atoms with Crippen molar-refractivity contribution in [3.63, 3.8) is 0 Å². The average molecular weight is 289 g/mol. The van der Waals surface area contributed by atoms with E-state index in [9.17, 15) is 0 Å². The molecule has 20 heavy (non-hydrogen) atoms. The molecule has 108 valence electrons. The van der Waals surface area contributed by atoms with Crippen molar-refractivity contribution in [3.05, 3.63) is 40.1 Å². The predicted molar refractivity (Wildman–Crippen MR) is 84.0 cm³/mol. The third-order valence-electron chi connectivity index (χ3n) is 3.93. The van der Waals surface area contributed by atoms with E-state index in [1.807, 2.05) is 0 Å². The fraction of sp³-hybridized carbons (Fsp3) is 0.562. The van der Waals surface area contributed by atoms with Crippen LogP contribution < -0.4 is 5.73 Å². The van der Waals surface area contributed by atoms with Crippen molar-refractivity contribution in [2.75, 3.05) is 0 Å². The molecule has 0 radical (unpaired) electrons. The topological polar surface area (TPSA) is 43.8 Å². The second-order valence-electron chi connectivity index (χ2n) is 6.86. The molecular formula is C16H23N3S. The lowest BCUT2D eigenvalue weighted by Gasteiger charge is -2.14. The summed E-state index contributed by atoms with van der Waals surface area (Å²) in [7, 11) is 0. The number of nitrogens with two attached hydrogens (primary N) is 1. The van der Waals surface area contributed by atoms with E-state index in [1.54, 1.807) is 11.3 Å². The molecule has 4 heteroatoms. The minimum atomic E-state index is 0.130. The van der Waals surface area contributed by atoms with Crippen molar-refractivity contribution in [2.24, 2.45) is 11.7 Å². The number of thiazole rings is 1. The summed E-state index contributed by atoms with van der Waals surface area (Å²) in [5.74, 6) is 0.707. The van der Waals surface area contributed by atoms with Crippen LogP contribution in [0.5, 0.6) is 0 Å². The number of hydrogen-bond acceptors (Lipinski definition) is 3. The highest BCUT2D eigenvalue weighted by atomic mass is 32.1. The summed E-state index contributed by atoms with van der Waals surface area (Å²) in [5, 5.41) is 3.34. The summed E-state index contributed by atoms with van der Waals surface area (Å²) in [6, 6.07) is 2.37. The maximum absolute atomic E-state index is 6.24. The molecule has 0 amide bonds. The van der Waals surface area contributed by atoms with E-state index >= 15 is 0 Å². The lowest BCUT2D eigenvalue weighted by Crippen LogP contribution is -2.12. The first-order valence-electron chi connectivity index (χ1n) is 7.29. The zero-order valence-electron chi connectivity index (χ0n) is 12.5. The van der Waals surface area contributed by atoms with E-state index in [0.717, 1.165) is 11.6 Å². The van der Waals surface area contributed by atoms with Crippen LogP contribution in [0.2, 0.25) is 0 Å². The molecule has 2 aromatic heterocycles. The molecule has 1 fully saturated rings. The smallest absolute Gasteiger partial charge is 0.113 e. The van der Waals surface area contributed by atoms with Crippen molar-refractivity contribution < 1.29 is 0 Å². The van der Waals surface area contributed by atoms with Gasteiger partial charge in [0.2, 0.25) is 0 Å². The van der Waals surface area contributed by atoms with Gasteiger partial charge in [-0.1, -0.05) is 20.8 Å². The highest BCUT2D eigenvalue weighted by Gasteiger charge is 2.29. The molecule has 0 bridgehead atoms. The highest BCUT2D eigenvalue weighted by molar-refractivity contribution is 7.09. The number of rotatable bonds is 4. The fourth-order valence-electron chi connectivity index (χ4n) is 2.37. The summed E-state index contributed by atoms with van der Waals surface area (Å²) >= 11 is 1.74. The molecular weight excluding hydrogens is 266 g/mol. The largest absolute Gasteiger partial charge is 0.347 e. The summed E-state index contributed by atoms with van der Waals surface area (Å²) in [4.78, 5) is 4.74. The van der Waals surface area contributed by atoms with Crippen LogP contribution in [0.25, 0.3) is 0 Å². The van der Waals surface area contributed by atoms with Gasteiger partial charge in [0.15, 0.2) is 0 Å². The molecule has 2 heterocycles. The van der Waals surface area contributed by atoms with Gasteiger partial charge in [-0.05, 0) is 30.4 Å². The Labute approximate surface area is 124 Å². The van der Waals surface area contributed by atoms with Gasteiger partial charge >= 0.3 is 0 Å². The fourth-order valence-corrected chi connectivity index (χ4v) is 3.40. The quantitative estimate of drug-likeness (QED) is 0.932. The van der Waals surface area contributed by atoms with Crippen LogP contribution in [-0.4, -0.2) is 9.55 Å². The predicted octanol–water partition coefficient (Wildman–Crippen LogP) is 3.70. The number of aromatic nitrogens is 2. The molecule has 0 aromatic carbocycles. The van der Waals surface area contributed by atoms with E-state index < -0.39 is 0 Å². The van der Waals surface area contributed by atoms with Crippen LogP contribution in [0, 0.1) is 5.92 Å². The maximum Gasteiger partial charge on any atom is 0.113 e. The molecule has 1 saturated carbocycles. The van der Waals surface area contributed by atoms with Crippen LogP contribution in [0.4, 0.5) is 0 Å². The molecule has 1 atom stereocenters. The normalized spacial score (nSPS) is 17.4. The molecule has 2 aromatic rings. The standard InChI is InChI=1S/C16H23N3S/c1-16(2,3)13-10-20-14(18-13)9-19-7-6-12(8-19)15(17)11-4-5-11/h6-8,10-11,15H,4-5,9,17H2,1-3H3. The molecule has 0 saturated heterocycles. The van der Waals surface area contributed by atoms with E-state index in [1.165, 1.54) is 24.1 Å². The van der Waals surface area contributed by atoms with Gasteiger partial charge in [0, 0.05) is 29.2 Å². The third kappa shape index (κ3) is 2.96. The van der Waals surface area contributed by atoms with Crippen molar-refractivity contribution in [2.45, 2.75) is 51.6 Å². The Morgan fingerprint density at radius 3 is 2.80 bits per heavy atom. The lowest BCUT2D eigenvalue weighted by atomic mass is 9.93. The van der Waals surface area contributed by atoms with Gasteiger partial charge in [-0.25, -0.2) is 4.98 Å². The first-order chi connectivity index (χ1) is 9.43. The Morgan fingerprint density at radius 1 is 1.45 bits per heavy atom. The molecule has 1 aliphatic rings. The van der Waals surface area contributed by atoms with E-state index in [4.69, 9.17) is 10.7 Å². The first-order valence-corrected chi connectivity index (χ1v) is 8.17. The van der Waals surface area contributed by atoms with Gasteiger partial charge in [0.1, 0.15) is 5.01 Å². The van der Waals surface area contributed by atoms with Crippen LogP contribution in [-0.2, 0) is 12.0 Å². The third-order valence-corrected chi connectivity index (χ3v) is 4.76. The zero-order valence-corrected chi connectivity index (χ0v) is 13.3. The van der Waals surface area contributed by atoms with E-state index in [0.29, 0.717) is 5.92 Å². The second kappa shape index (κ2) is 5.01. The van der Waals surface area contributed by atoms with E-state index in [2.05, 4.69) is 49.2 Å². The molecule has 3 rings (SSSR count). The van der Waals surface area contributed by atoms with Crippen LogP contribution in [0.1, 0.15) is 55.9 Å². The molecule has 1 unspecified atom stereocenters. The van der Waals surface area contributed by atoms with Gasteiger partial charge in [0.05, 0.1) is 12.2 Å². The molecule has 0 spiro atoms. The van der Waals surface area contributed by atoms with Crippen molar-refractivity contribution in [1.82, 2.24) is 9.55 Å². The summed E-state index contributed by atoms with van der Waals surface area (Å²) in [5.41, 5.74) is 8.82. The van der Waals surface area contributed by atoms with Crippen molar-refractivity contribution >= 4 is 11.3 Å². The molecule has 0 aliphatic heterocycles. The van der Waals surface area contributed by atoms with Gasteiger partial charge in [0.25, 0.3) is 0 Å². The Morgan fingerprint density at radius 2 is 2.20 bits per heavy atom. The van der Waals surface area contributed by atoms with Crippen LogP contribution in [0.15, 0.2) is 23.8 Å². The molecule has 1 aliphatic carbocycles. The van der Waals surface area contributed by atoms with Crippen LogP contribution in [0.3, 0.4) is 0 Å². The molecule has 2 N–H and O–H groups in total. The first kappa shape index (κ1) is 13.8. The van der Waals surface area contributed by atoms with Crippen molar-refractivity contribution in [1.29, 1.82) is 0 Å². The summed E-state index contributed by atoms with van der Waals surface area (Å²) in [6.07, 6.45) is 6.87. The average Bonchev–Trinajstić information content (AvgIpc) is 2.93. The minimum absolute atomic E-state index is 0.130. The monoisotopic (exact) mass is 289 g/mol. The van der Waals surface area contributed by atoms with Crippen LogP contribution >= 0.6 is 11.3 Å². The number of nitrogens with zero attached hydrogens (tertiary/aromatic N) is 2. The Hall–Kier alpha value is -1.13. The SMILES string of the molecule is CC(C)(C)c1csc(Cn2ccc(C(N)C3CC3)c2)n1. The molecule has 3 nitrogen and oxygen atoms in total. The van der Waals surface area contributed by atoms with E-state index in [-0.39, 0.29) is 11.5 Å². The Kier molecular flexibility index (Phi) is 3.46. The van der Waals surface area contributed by atoms with Crippen molar-refractivity contribution in [3.8, 4) is 0 Å². The Bertz CT molecular complexity index is 587. The second-order valence-corrected chi connectivity index (χ2v) is 7.80. The van der Waals surface area contributed by atoms with Gasteiger partial charge < -0.3 is 10.3 Å². The minimum Gasteiger partial charge on any atom is -0.347 e. The maximum atomic E-state index is 6.24. The van der Waals surface area contributed by atoms with Gasteiger partial charge in [-0.2, -0.15) is 0 Å². The van der Waals surface area contributed by atoms with Gasteiger partial charge in [-0.15, -0.1) is 11.3 Å². The Balaban J connectivity index is 1.70. The lowest BCUT2D eigenvalue weighted by molar-refractivity contribution is 0.569. The van der Waals surface area contributed by atoms with Gasteiger partial charge in [-0.3, -0.25) is 0 Å². The highest BCUT2D eigenvalue weighted by Crippen LogP contribution is 2.39. The number of hydrogen-bond donors (Lipinski definition) is 1. The summed E-state index contributed by atoms with van der Waals surface area (Å²) in [6.45, 7) is 7.45. The summed E-state index contributed by atoms with van der Waals surface area (Å²) < 4.78 is 2.20. The zero-order chi connectivity index (χ0) is 14.3.